The number of hydrogen-bond donors (Lipinski definition) is 0. The van der Waals surface area contributed by atoms with E-state index in [0.717, 1.165) is 55.7 Å². The predicted molar refractivity (Wildman–Crippen MR) is 201 cm³/mol. The number of nitrogens with zero attached hydrogens (tertiary/aromatic N) is 4. The van der Waals surface area contributed by atoms with E-state index in [0.29, 0.717) is 17.5 Å². The van der Waals surface area contributed by atoms with Crippen LogP contribution in [0.4, 0.5) is 0 Å². The first-order valence-corrected chi connectivity index (χ1v) is 16.5. The monoisotopic (exact) mass is 626 g/mol. The van der Waals surface area contributed by atoms with Crippen LogP contribution in [0, 0.1) is 0 Å². The van der Waals surface area contributed by atoms with Gasteiger partial charge in [-0.2, -0.15) is 0 Å². The largest absolute Gasteiger partial charge is 0.309 e. The summed E-state index contributed by atoms with van der Waals surface area (Å²) in [6.07, 6.45) is 0. The topological polar surface area (TPSA) is 43.6 Å². The van der Waals surface area contributed by atoms with Crippen molar-refractivity contribution in [2.75, 3.05) is 0 Å². The molecule has 0 aliphatic rings. The highest BCUT2D eigenvalue weighted by atomic mass is 15.1. The second-order valence-electron chi connectivity index (χ2n) is 12.1. The van der Waals surface area contributed by atoms with Crippen LogP contribution in [0.3, 0.4) is 0 Å². The van der Waals surface area contributed by atoms with Gasteiger partial charge in [0.25, 0.3) is 0 Å². The van der Waals surface area contributed by atoms with Gasteiger partial charge in [0.15, 0.2) is 17.5 Å². The van der Waals surface area contributed by atoms with Gasteiger partial charge in [-0.05, 0) is 58.7 Å². The lowest BCUT2D eigenvalue weighted by Gasteiger charge is -2.15. The van der Waals surface area contributed by atoms with Crippen LogP contribution in [0.2, 0.25) is 0 Å². The average molecular weight is 627 g/mol. The van der Waals surface area contributed by atoms with Gasteiger partial charge in [-0.1, -0.05) is 146 Å². The van der Waals surface area contributed by atoms with Crippen molar-refractivity contribution in [3.05, 3.63) is 182 Å². The van der Waals surface area contributed by atoms with Crippen molar-refractivity contribution in [1.29, 1.82) is 0 Å². The highest BCUT2D eigenvalue weighted by Crippen LogP contribution is 2.36. The summed E-state index contributed by atoms with van der Waals surface area (Å²) in [5.74, 6) is 1.87. The van der Waals surface area contributed by atoms with Gasteiger partial charge >= 0.3 is 0 Å². The smallest absolute Gasteiger partial charge is 0.166 e. The van der Waals surface area contributed by atoms with Crippen LogP contribution in [0.5, 0.6) is 0 Å². The molecule has 9 rings (SSSR count). The van der Waals surface area contributed by atoms with E-state index in [4.69, 9.17) is 15.0 Å². The molecule has 0 saturated heterocycles. The molecule has 49 heavy (non-hydrogen) atoms. The molecule has 230 valence electrons. The molecule has 0 aliphatic heterocycles. The molecule has 0 radical (unpaired) electrons. The Morgan fingerprint density at radius 3 is 1.27 bits per heavy atom. The molecule has 0 N–H and O–H groups in total. The van der Waals surface area contributed by atoms with E-state index in [1.54, 1.807) is 0 Å². The molecule has 0 saturated carbocycles. The Labute approximate surface area is 284 Å². The van der Waals surface area contributed by atoms with E-state index in [1.165, 1.54) is 10.8 Å². The second kappa shape index (κ2) is 12.2. The highest BCUT2D eigenvalue weighted by molar-refractivity contribution is 6.09. The van der Waals surface area contributed by atoms with Gasteiger partial charge in [-0.25, -0.2) is 15.0 Å². The van der Waals surface area contributed by atoms with Crippen molar-refractivity contribution in [2.24, 2.45) is 0 Å². The van der Waals surface area contributed by atoms with E-state index >= 15 is 0 Å². The highest BCUT2D eigenvalue weighted by Gasteiger charge is 2.19. The molecular formula is C45H30N4. The van der Waals surface area contributed by atoms with Crippen LogP contribution < -0.4 is 0 Å². The Morgan fingerprint density at radius 1 is 0.306 bits per heavy atom. The maximum atomic E-state index is 5.21. The Bertz CT molecular complexity index is 2450. The van der Waals surface area contributed by atoms with E-state index < -0.39 is 0 Å². The van der Waals surface area contributed by atoms with Crippen molar-refractivity contribution >= 4 is 21.8 Å². The van der Waals surface area contributed by atoms with Gasteiger partial charge in [0, 0.05) is 27.5 Å². The molecule has 4 nitrogen and oxygen atoms in total. The van der Waals surface area contributed by atoms with Gasteiger partial charge in [0.2, 0.25) is 0 Å². The maximum Gasteiger partial charge on any atom is 0.166 e. The van der Waals surface area contributed by atoms with Gasteiger partial charge in [-0.3, -0.25) is 0 Å². The van der Waals surface area contributed by atoms with Crippen molar-refractivity contribution in [3.63, 3.8) is 0 Å². The van der Waals surface area contributed by atoms with Crippen LogP contribution in [0.25, 0.3) is 83.9 Å². The van der Waals surface area contributed by atoms with Crippen molar-refractivity contribution < 1.29 is 0 Å². The zero-order valence-electron chi connectivity index (χ0n) is 26.6. The Morgan fingerprint density at radius 2 is 0.714 bits per heavy atom. The lowest BCUT2D eigenvalue weighted by Crippen LogP contribution is -2.03. The molecule has 0 spiro atoms. The van der Waals surface area contributed by atoms with E-state index in [1.807, 2.05) is 12.1 Å². The third-order valence-corrected chi connectivity index (χ3v) is 9.06. The predicted octanol–water partition coefficient (Wildman–Crippen LogP) is 11.3. The minimum Gasteiger partial charge on any atom is -0.309 e. The van der Waals surface area contributed by atoms with Crippen molar-refractivity contribution in [2.45, 2.75) is 0 Å². The Kier molecular flexibility index (Phi) is 7.10. The summed E-state index contributed by atoms with van der Waals surface area (Å²) in [7, 11) is 0. The quantitative estimate of drug-likeness (QED) is 0.184. The van der Waals surface area contributed by atoms with Gasteiger partial charge in [0.1, 0.15) is 0 Å². The van der Waals surface area contributed by atoms with Crippen LogP contribution in [0.15, 0.2) is 182 Å². The van der Waals surface area contributed by atoms with Crippen molar-refractivity contribution in [3.8, 4) is 62.1 Å². The molecule has 2 aromatic heterocycles. The molecule has 0 bridgehead atoms. The Hall–Kier alpha value is -6.65. The maximum absolute atomic E-state index is 5.21. The molecule has 7 aromatic carbocycles. The number of benzene rings is 7. The number of fused-ring (bicyclic) bond motifs is 3. The van der Waals surface area contributed by atoms with E-state index in [2.05, 4.69) is 174 Å². The summed E-state index contributed by atoms with van der Waals surface area (Å²) in [4.78, 5) is 15.6. The normalized spacial score (nSPS) is 11.3. The first-order valence-electron chi connectivity index (χ1n) is 16.5. The van der Waals surface area contributed by atoms with Crippen molar-refractivity contribution in [1.82, 2.24) is 19.5 Å². The number of aromatic nitrogens is 4. The first kappa shape index (κ1) is 28.6. The summed E-state index contributed by atoms with van der Waals surface area (Å²) in [6, 6.07) is 63.3. The van der Waals surface area contributed by atoms with E-state index in [9.17, 15) is 0 Å². The summed E-state index contributed by atoms with van der Waals surface area (Å²) in [5, 5.41) is 2.42. The van der Waals surface area contributed by atoms with Crippen LogP contribution >= 0.6 is 0 Å². The summed E-state index contributed by atoms with van der Waals surface area (Å²) in [5.41, 5.74) is 10.6. The van der Waals surface area contributed by atoms with Crippen LogP contribution in [-0.2, 0) is 0 Å². The third-order valence-electron chi connectivity index (χ3n) is 9.06. The molecule has 4 heteroatoms. The van der Waals surface area contributed by atoms with E-state index in [-0.39, 0.29) is 0 Å². The standard InChI is InChI=1S/C45H30N4/c1-3-15-31(16-4-1)33-19-13-21-35(29-33)43-46-44(36-22-14-20-34(30-36)32-17-5-2-6-18-32)48-45(47-43)39-25-9-12-28-42(39)49-40-26-10-7-23-37(40)38-24-8-11-27-41(38)49/h1-30H. The second-order valence-corrected chi connectivity index (χ2v) is 12.1. The zero-order valence-corrected chi connectivity index (χ0v) is 26.6. The number of para-hydroxylation sites is 3. The Balaban J connectivity index is 1.27. The lowest BCUT2D eigenvalue weighted by molar-refractivity contribution is 1.06. The van der Waals surface area contributed by atoms with Crippen LogP contribution in [-0.4, -0.2) is 19.5 Å². The first-order chi connectivity index (χ1) is 24.3. The molecular weight excluding hydrogens is 597 g/mol. The minimum absolute atomic E-state index is 0.618. The molecule has 2 heterocycles. The minimum atomic E-state index is 0.618. The van der Waals surface area contributed by atoms with Crippen LogP contribution in [0.1, 0.15) is 0 Å². The average Bonchev–Trinajstić information content (AvgIpc) is 3.53. The lowest BCUT2D eigenvalue weighted by atomic mass is 10.0. The van der Waals surface area contributed by atoms with Gasteiger partial charge < -0.3 is 4.57 Å². The number of rotatable bonds is 6. The zero-order chi connectivity index (χ0) is 32.6. The summed E-state index contributed by atoms with van der Waals surface area (Å²) >= 11 is 0. The summed E-state index contributed by atoms with van der Waals surface area (Å²) < 4.78 is 2.33. The fraction of sp³-hybridized carbons (Fsp3) is 0. The number of hydrogen-bond acceptors (Lipinski definition) is 3. The van der Waals surface area contributed by atoms with Gasteiger partial charge in [-0.15, -0.1) is 0 Å². The summed E-state index contributed by atoms with van der Waals surface area (Å²) in [6.45, 7) is 0. The molecule has 0 fully saturated rings. The SMILES string of the molecule is c1ccc(-c2cccc(-c3nc(-c4cccc(-c5ccccc5)c4)nc(-c4ccccc4-n4c5ccccc5c5ccccc54)n3)c2)cc1. The molecule has 0 unspecified atom stereocenters. The molecule has 0 atom stereocenters. The molecule has 0 amide bonds. The fourth-order valence-electron chi connectivity index (χ4n) is 6.73. The third kappa shape index (κ3) is 5.26. The molecule has 0 aliphatic carbocycles. The molecule has 9 aromatic rings. The fourth-order valence-corrected chi connectivity index (χ4v) is 6.73. The van der Waals surface area contributed by atoms with Gasteiger partial charge in [0.05, 0.1) is 16.7 Å².